The summed E-state index contributed by atoms with van der Waals surface area (Å²) in [4.78, 5) is 26.3. The molecule has 0 spiro atoms. The zero-order valence-corrected chi connectivity index (χ0v) is 17.8. The first-order chi connectivity index (χ1) is 15.6. The second kappa shape index (κ2) is 8.16. The van der Waals surface area contributed by atoms with E-state index in [1.54, 1.807) is 43.3 Å². The van der Waals surface area contributed by atoms with E-state index in [0.29, 0.717) is 39.9 Å². The highest BCUT2D eigenvalue weighted by Crippen LogP contribution is 2.31. The van der Waals surface area contributed by atoms with Crippen molar-refractivity contribution in [3.63, 3.8) is 0 Å². The van der Waals surface area contributed by atoms with Crippen molar-refractivity contribution in [2.24, 2.45) is 5.73 Å². The van der Waals surface area contributed by atoms with Crippen LogP contribution in [0.3, 0.4) is 0 Å². The van der Waals surface area contributed by atoms with E-state index in [-0.39, 0.29) is 12.5 Å². The molecule has 1 aliphatic rings. The average Bonchev–Trinajstić information content (AvgIpc) is 3.23. The van der Waals surface area contributed by atoms with Crippen LogP contribution in [0.5, 0.6) is 5.75 Å². The van der Waals surface area contributed by atoms with Crippen LogP contribution in [0.25, 0.3) is 21.1 Å². The quantitative estimate of drug-likeness (QED) is 0.425. The fourth-order valence-electron chi connectivity index (χ4n) is 3.29. The van der Waals surface area contributed by atoms with E-state index in [1.807, 2.05) is 18.2 Å². The SMILES string of the molecule is COc1cc2ncccc2cc1NC(=O)c1csc2cnc(NC3=C(N)COC=C3)nc12. The van der Waals surface area contributed by atoms with Gasteiger partial charge in [-0.25, -0.2) is 9.97 Å². The zero-order chi connectivity index (χ0) is 22.1. The van der Waals surface area contributed by atoms with Crippen molar-refractivity contribution in [3.8, 4) is 5.75 Å². The maximum absolute atomic E-state index is 13.1. The number of nitrogens with zero attached hydrogens (tertiary/aromatic N) is 3. The number of methoxy groups -OCH3 is 1. The molecule has 32 heavy (non-hydrogen) atoms. The van der Waals surface area contributed by atoms with Gasteiger partial charge in [-0.15, -0.1) is 11.3 Å². The molecule has 4 N–H and O–H groups in total. The first kappa shape index (κ1) is 19.8. The van der Waals surface area contributed by atoms with Crippen LogP contribution in [-0.2, 0) is 4.74 Å². The predicted octanol–water partition coefficient (Wildman–Crippen LogP) is 3.63. The van der Waals surface area contributed by atoms with Gasteiger partial charge in [0.2, 0.25) is 5.95 Å². The van der Waals surface area contributed by atoms with E-state index < -0.39 is 0 Å². The lowest BCUT2D eigenvalue weighted by Crippen LogP contribution is -2.16. The van der Waals surface area contributed by atoms with E-state index in [2.05, 4.69) is 25.6 Å². The molecule has 160 valence electrons. The fraction of sp³-hybridized carbons (Fsp3) is 0.0909. The molecule has 0 aliphatic carbocycles. The topological polar surface area (TPSA) is 124 Å². The summed E-state index contributed by atoms with van der Waals surface area (Å²) in [6.07, 6.45) is 6.64. The molecular formula is C22H18N6O3S. The maximum atomic E-state index is 13.1. The molecule has 0 bridgehead atoms. The molecule has 0 saturated heterocycles. The monoisotopic (exact) mass is 446 g/mol. The summed E-state index contributed by atoms with van der Waals surface area (Å²) in [5, 5.41) is 8.66. The molecule has 1 amide bonds. The number of amides is 1. The second-order valence-corrected chi connectivity index (χ2v) is 7.85. The van der Waals surface area contributed by atoms with Gasteiger partial charge in [-0.1, -0.05) is 6.07 Å². The largest absolute Gasteiger partial charge is 0.495 e. The van der Waals surface area contributed by atoms with Gasteiger partial charge in [0.25, 0.3) is 5.91 Å². The zero-order valence-electron chi connectivity index (χ0n) is 17.0. The number of ether oxygens (including phenoxy) is 2. The lowest BCUT2D eigenvalue weighted by molar-refractivity contribution is 0.102. The van der Waals surface area contributed by atoms with Crippen molar-refractivity contribution >= 4 is 50.0 Å². The number of benzene rings is 1. The summed E-state index contributed by atoms with van der Waals surface area (Å²) in [5.74, 6) is 0.561. The Labute approximate surface area is 186 Å². The fourth-order valence-corrected chi connectivity index (χ4v) is 4.13. The standard InChI is InChI=1S/C22H18N6O3S/c1-30-18-8-16-12(3-2-5-24-16)7-17(18)26-21(29)13-11-32-19-9-25-22(28-20(13)19)27-15-4-6-31-10-14(15)23/h2-9,11H,10,23H2,1H3,(H,26,29)(H,25,27,28). The van der Waals surface area contributed by atoms with Gasteiger partial charge in [-0.2, -0.15) is 0 Å². The van der Waals surface area contributed by atoms with E-state index in [0.717, 1.165) is 15.6 Å². The number of carbonyl (C=O) groups excluding carboxylic acids is 1. The third-order valence-corrected chi connectivity index (χ3v) is 5.80. The molecule has 1 aromatic carbocycles. The molecule has 10 heteroatoms. The third-order valence-electron chi connectivity index (χ3n) is 4.89. The first-order valence-electron chi connectivity index (χ1n) is 9.64. The number of carbonyl (C=O) groups is 1. The minimum absolute atomic E-state index is 0.288. The highest BCUT2D eigenvalue weighted by molar-refractivity contribution is 7.17. The summed E-state index contributed by atoms with van der Waals surface area (Å²) >= 11 is 1.40. The van der Waals surface area contributed by atoms with Crippen LogP contribution >= 0.6 is 11.3 Å². The van der Waals surface area contributed by atoms with Crippen LogP contribution in [0.4, 0.5) is 11.6 Å². The number of hydrogen-bond donors (Lipinski definition) is 3. The minimum atomic E-state index is -0.299. The number of allylic oxidation sites excluding steroid dienone is 1. The summed E-state index contributed by atoms with van der Waals surface area (Å²) < 4.78 is 11.4. The minimum Gasteiger partial charge on any atom is -0.495 e. The molecule has 9 nitrogen and oxygen atoms in total. The molecule has 3 aromatic heterocycles. The molecule has 5 rings (SSSR count). The normalized spacial score (nSPS) is 13.3. The summed E-state index contributed by atoms with van der Waals surface area (Å²) in [7, 11) is 1.55. The van der Waals surface area contributed by atoms with Gasteiger partial charge in [0, 0.05) is 23.0 Å². The second-order valence-electron chi connectivity index (χ2n) is 6.94. The van der Waals surface area contributed by atoms with Crippen LogP contribution in [0.2, 0.25) is 0 Å². The lowest BCUT2D eigenvalue weighted by atomic mass is 10.1. The molecule has 0 radical (unpaired) electrons. The number of nitrogens with two attached hydrogens (primary N) is 1. The number of pyridine rings is 1. The Bertz CT molecular complexity index is 1410. The lowest BCUT2D eigenvalue weighted by Gasteiger charge is -2.14. The Balaban J connectivity index is 1.46. The number of aromatic nitrogens is 3. The number of thiophene rings is 1. The van der Waals surface area contributed by atoms with Crippen molar-refractivity contribution in [2.45, 2.75) is 0 Å². The third kappa shape index (κ3) is 3.67. The molecule has 0 unspecified atom stereocenters. The van der Waals surface area contributed by atoms with Crippen LogP contribution in [0, 0.1) is 0 Å². The van der Waals surface area contributed by atoms with Crippen LogP contribution < -0.4 is 21.1 Å². The smallest absolute Gasteiger partial charge is 0.258 e. The average molecular weight is 446 g/mol. The van der Waals surface area contributed by atoms with E-state index in [1.165, 1.54) is 11.3 Å². The molecule has 4 aromatic rings. The summed E-state index contributed by atoms with van der Waals surface area (Å²) in [5.41, 5.74) is 9.47. The van der Waals surface area contributed by atoms with Gasteiger partial charge in [0.05, 0.1) is 57.9 Å². The van der Waals surface area contributed by atoms with Crippen molar-refractivity contribution in [2.75, 3.05) is 24.4 Å². The van der Waals surface area contributed by atoms with Crippen molar-refractivity contribution < 1.29 is 14.3 Å². The van der Waals surface area contributed by atoms with Gasteiger partial charge >= 0.3 is 0 Å². The van der Waals surface area contributed by atoms with Crippen LogP contribution in [0.15, 0.2) is 65.8 Å². The molecule has 4 heterocycles. The number of fused-ring (bicyclic) bond motifs is 2. The van der Waals surface area contributed by atoms with Gasteiger partial charge < -0.3 is 25.8 Å². The van der Waals surface area contributed by atoms with E-state index in [9.17, 15) is 4.79 Å². The first-order valence-corrected chi connectivity index (χ1v) is 10.5. The number of hydrogen-bond acceptors (Lipinski definition) is 9. The maximum Gasteiger partial charge on any atom is 0.258 e. The van der Waals surface area contributed by atoms with Gasteiger partial charge in [0.15, 0.2) is 0 Å². The molecule has 0 fully saturated rings. The van der Waals surface area contributed by atoms with Crippen molar-refractivity contribution in [1.29, 1.82) is 0 Å². The Kier molecular flexibility index (Phi) is 5.04. The number of nitrogens with one attached hydrogen (secondary N) is 2. The Hall–Kier alpha value is -4.18. The van der Waals surface area contributed by atoms with Gasteiger partial charge in [-0.05, 0) is 18.2 Å². The van der Waals surface area contributed by atoms with E-state index in [4.69, 9.17) is 15.2 Å². The van der Waals surface area contributed by atoms with Crippen molar-refractivity contribution in [3.05, 3.63) is 71.3 Å². The molecule has 0 saturated carbocycles. The Morgan fingerprint density at radius 3 is 3.06 bits per heavy atom. The molecular weight excluding hydrogens is 428 g/mol. The van der Waals surface area contributed by atoms with Gasteiger partial charge in [-0.3, -0.25) is 9.78 Å². The number of rotatable bonds is 5. The summed E-state index contributed by atoms with van der Waals surface area (Å²) in [6, 6.07) is 7.39. The van der Waals surface area contributed by atoms with Gasteiger partial charge in [0.1, 0.15) is 12.4 Å². The predicted molar refractivity (Wildman–Crippen MR) is 124 cm³/mol. The molecule has 0 atom stereocenters. The molecule has 1 aliphatic heterocycles. The number of anilines is 2. The summed E-state index contributed by atoms with van der Waals surface area (Å²) in [6.45, 7) is 0.288. The van der Waals surface area contributed by atoms with E-state index >= 15 is 0 Å². The van der Waals surface area contributed by atoms with Crippen LogP contribution in [0.1, 0.15) is 10.4 Å². The highest BCUT2D eigenvalue weighted by atomic mass is 32.1. The van der Waals surface area contributed by atoms with Crippen LogP contribution in [-0.4, -0.2) is 34.6 Å². The Morgan fingerprint density at radius 1 is 1.31 bits per heavy atom. The Morgan fingerprint density at radius 2 is 2.22 bits per heavy atom. The van der Waals surface area contributed by atoms with Crippen molar-refractivity contribution in [1.82, 2.24) is 15.0 Å². The highest BCUT2D eigenvalue weighted by Gasteiger charge is 2.18.